The van der Waals surface area contributed by atoms with E-state index in [2.05, 4.69) is 41.8 Å². The number of rotatable bonds is 5. The molecule has 1 fully saturated rings. The van der Waals surface area contributed by atoms with Crippen molar-refractivity contribution in [1.82, 2.24) is 0 Å². The van der Waals surface area contributed by atoms with Gasteiger partial charge in [0.2, 0.25) is 0 Å². The smallest absolute Gasteiger partial charge is 0.293 e. The summed E-state index contributed by atoms with van der Waals surface area (Å²) in [5.74, 6) is 0.618. The van der Waals surface area contributed by atoms with E-state index in [4.69, 9.17) is 0 Å². The minimum absolute atomic E-state index is 0.168. The molecule has 0 unspecified atom stereocenters. The van der Waals surface area contributed by atoms with Gasteiger partial charge in [0, 0.05) is 16.2 Å². The monoisotopic (exact) mass is 360 g/mol. The van der Waals surface area contributed by atoms with E-state index in [0.29, 0.717) is 17.0 Å². The molecule has 0 radical (unpaired) electrons. The summed E-state index contributed by atoms with van der Waals surface area (Å²) in [5, 5.41) is 14.3. The van der Waals surface area contributed by atoms with Gasteiger partial charge in [-0.1, -0.05) is 13.8 Å². The highest BCUT2D eigenvalue weighted by Crippen LogP contribution is 2.51. The van der Waals surface area contributed by atoms with Crippen molar-refractivity contribution in [3.8, 4) is 0 Å². The zero-order chi connectivity index (χ0) is 13.3. The van der Waals surface area contributed by atoms with Crippen LogP contribution in [0.2, 0.25) is 0 Å². The minimum atomic E-state index is -0.320. The van der Waals surface area contributed by atoms with Crippen LogP contribution in [0.15, 0.2) is 18.2 Å². The number of nitro groups is 1. The summed E-state index contributed by atoms with van der Waals surface area (Å²) >= 11 is 2.09. The molecule has 0 amide bonds. The van der Waals surface area contributed by atoms with Gasteiger partial charge in [0.1, 0.15) is 5.69 Å². The Morgan fingerprint density at radius 2 is 2.17 bits per heavy atom. The Morgan fingerprint density at radius 1 is 1.50 bits per heavy atom. The summed E-state index contributed by atoms with van der Waals surface area (Å²) in [7, 11) is 0. The van der Waals surface area contributed by atoms with Gasteiger partial charge in [-0.3, -0.25) is 10.1 Å². The molecule has 5 heteroatoms. The molecule has 1 aliphatic carbocycles. The van der Waals surface area contributed by atoms with Gasteiger partial charge in [-0.05, 0) is 58.9 Å². The zero-order valence-corrected chi connectivity index (χ0v) is 12.7. The third kappa shape index (κ3) is 2.76. The Morgan fingerprint density at radius 3 is 2.67 bits per heavy atom. The molecule has 1 aromatic carbocycles. The van der Waals surface area contributed by atoms with Crippen LogP contribution in [0, 0.1) is 25.0 Å². The van der Waals surface area contributed by atoms with E-state index >= 15 is 0 Å². The lowest BCUT2D eigenvalue weighted by atomic mass is 9.92. The van der Waals surface area contributed by atoms with Crippen molar-refractivity contribution in [3.05, 3.63) is 31.9 Å². The highest BCUT2D eigenvalue weighted by molar-refractivity contribution is 14.1. The van der Waals surface area contributed by atoms with E-state index in [1.165, 1.54) is 12.8 Å². The molecule has 0 aliphatic heterocycles. The molecule has 0 bridgehead atoms. The fourth-order valence-corrected chi connectivity index (χ4v) is 2.67. The number of nitrogens with one attached hydrogen (secondary N) is 1. The summed E-state index contributed by atoms with van der Waals surface area (Å²) in [6.07, 6.45) is 2.44. The molecule has 1 saturated carbocycles. The predicted octanol–water partition coefficient (Wildman–Crippen LogP) is 4.05. The number of halogens is 1. The van der Waals surface area contributed by atoms with Gasteiger partial charge in [0.15, 0.2) is 0 Å². The number of nitrogens with zero attached hydrogens (tertiary/aromatic N) is 1. The van der Waals surface area contributed by atoms with Crippen LogP contribution in [0.25, 0.3) is 0 Å². The van der Waals surface area contributed by atoms with Gasteiger partial charge < -0.3 is 5.32 Å². The fourth-order valence-electron chi connectivity index (χ4n) is 2.20. The van der Waals surface area contributed by atoms with Crippen LogP contribution in [-0.4, -0.2) is 11.5 Å². The number of nitro benzene ring substituents is 1. The number of benzene rings is 1. The first-order valence-electron chi connectivity index (χ1n) is 6.12. The lowest BCUT2D eigenvalue weighted by Gasteiger charge is -2.20. The van der Waals surface area contributed by atoms with Crippen LogP contribution >= 0.6 is 22.6 Å². The van der Waals surface area contributed by atoms with Crippen molar-refractivity contribution >= 4 is 34.0 Å². The normalized spacial score (nSPS) is 16.7. The van der Waals surface area contributed by atoms with E-state index in [-0.39, 0.29) is 10.6 Å². The van der Waals surface area contributed by atoms with E-state index in [0.717, 1.165) is 10.1 Å². The van der Waals surface area contributed by atoms with E-state index in [1.807, 2.05) is 6.07 Å². The molecule has 4 nitrogen and oxygen atoms in total. The Hall–Kier alpha value is -0.850. The molecule has 1 N–H and O–H groups in total. The summed E-state index contributed by atoms with van der Waals surface area (Å²) in [4.78, 5) is 10.7. The molecular weight excluding hydrogens is 343 g/mol. The fraction of sp³-hybridized carbons (Fsp3) is 0.538. The third-order valence-electron chi connectivity index (χ3n) is 3.90. The van der Waals surface area contributed by atoms with Crippen molar-refractivity contribution in [3.63, 3.8) is 0 Å². The van der Waals surface area contributed by atoms with E-state index in [9.17, 15) is 10.1 Å². The molecule has 0 spiro atoms. The average molecular weight is 360 g/mol. The van der Waals surface area contributed by atoms with Crippen LogP contribution in [0.3, 0.4) is 0 Å². The Balaban J connectivity index is 2.12. The Labute approximate surface area is 120 Å². The van der Waals surface area contributed by atoms with Crippen LogP contribution in [0.1, 0.15) is 26.7 Å². The Bertz CT molecular complexity index is 470. The second-order valence-corrected chi connectivity index (χ2v) is 6.53. The third-order valence-corrected chi connectivity index (χ3v) is 4.58. The number of hydrogen-bond acceptors (Lipinski definition) is 3. The summed E-state index contributed by atoms with van der Waals surface area (Å²) < 4.78 is 0.884. The summed E-state index contributed by atoms with van der Waals surface area (Å²) in [6.45, 7) is 5.26. The molecule has 2 rings (SSSR count). The number of hydrogen-bond donors (Lipinski definition) is 1. The molecule has 0 saturated heterocycles. The minimum Gasteiger partial charge on any atom is -0.379 e. The first-order valence-corrected chi connectivity index (χ1v) is 7.20. The van der Waals surface area contributed by atoms with Crippen molar-refractivity contribution in [2.24, 2.45) is 11.3 Å². The van der Waals surface area contributed by atoms with Crippen molar-refractivity contribution in [2.45, 2.75) is 26.7 Å². The topological polar surface area (TPSA) is 55.2 Å². The number of anilines is 1. The molecule has 0 heterocycles. The second kappa shape index (κ2) is 5.03. The van der Waals surface area contributed by atoms with E-state index < -0.39 is 0 Å². The van der Waals surface area contributed by atoms with Gasteiger partial charge in [-0.25, -0.2) is 0 Å². The summed E-state index contributed by atoms with van der Waals surface area (Å²) in [5.41, 5.74) is 1.14. The molecule has 0 aromatic heterocycles. The first-order chi connectivity index (χ1) is 8.44. The lowest BCUT2D eigenvalue weighted by molar-refractivity contribution is -0.384. The maximum atomic E-state index is 11.0. The largest absolute Gasteiger partial charge is 0.379 e. The first kappa shape index (κ1) is 13.6. The maximum Gasteiger partial charge on any atom is 0.293 e. The van der Waals surface area contributed by atoms with E-state index in [1.54, 1.807) is 12.1 Å². The van der Waals surface area contributed by atoms with Crippen LogP contribution in [0.5, 0.6) is 0 Å². The SMILES string of the molecule is CC(C)C1(CNc2ccc(I)cc2[N+](=O)[O-])CC1. The van der Waals surface area contributed by atoms with Crippen molar-refractivity contribution < 1.29 is 4.92 Å². The quantitative estimate of drug-likeness (QED) is 0.490. The van der Waals surface area contributed by atoms with Crippen molar-refractivity contribution in [2.75, 3.05) is 11.9 Å². The van der Waals surface area contributed by atoms with Crippen LogP contribution < -0.4 is 5.32 Å². The molecule has 0 atom stereocenters. The van der Waals surface area contributed by atoms with Gasteiger partial charge in [0.25, 0.3) is 5.69 Å². The van der Waals surface area contributed by atoms with Gasteiger partial charge in [-0.15, -0.1) is 0 Å². The molecule has 1 aliphatic rings. The molecule has 18 heavy (non-hydrogen) atoms. The van der Waals surface area contributed by atoms with Gasteiger partial charge in [-0.2, -0.15) is 0 Å². The predicted molar refractivity (Wildman–Crippen MR) is 80.8 cm³/mol. The maximum absolute atomic E-state index is 11.0. The summed E-state index contributed by atoms with van der Waals surface area (Å²) in [6, 6.07) is 5.30. The molecule has 98 valence electrons. The van der Waals surface area contributed by atoms with Gasteiger partial charge in [0.05, 0.1) is 4.92 Å². The molecule has 1 aromatic rings. The lowest BCUT2D eigenvalue weighted by Crippen LogP contribution is -2.21. The average Bonchev–Trinajstić information content (AvgIpc) is 3.08. The second-order valence-electron chi connectivity index (χ2n) is 5.29. The van der Waals surface area contributed by atoms with Gasteiger partial charge >= 0.3 is 0 Å². The van der Waals surface area contributed by atoms with Crippen LogP contribution in [-0.2, 0) is 0 Å². The standard InChI is InChI=1S/C13H17IN2O2/c1-9(2)13(5-6-13)8-15-11-4-3-10(14)7-12(11)16(17)18/h3-4,7,9,15H,5-6,8H2,1-2H3. The highest BCUT2D eigenvalue weighted by Gasteiger charge is 2.45. The Kier molecular flexibility index (Phi) is 3.79. The molecular formula is C13H17IN2O2. The van der Waals surface area contributed by atoms with Crippen molar-refractivity contribution in [1.29, 1.82) is 0 Å². The zero-order valence-electron chi connectivity index (χ0n) is 10.6. The highest BCUT2D eigenvalue weighted by atomic mass is 127. The van der Waals surface area contributed by atoms with Crippen LogP contribution in [0.4, 0.5) is 11.4 Å².